The van der Waals surface area contributed by atoms with Gasteiger partial charge in [0.25, 0.3) is 20.0 Å². The molecule has 0 atom stereocenters. The minimum atomic E-state index is -4.38. The molecule has 620 valence electrons. The van der Waals surface area contributed by atoms with Crippen molar-refractivity contribution in [3.63, 3.8) is 0 Å². The average molecular weight is 1710 g/mol. The van der Waals surface area contributed by atoms with Crippen molar-refractivity contribution in [3.8, 4) is 0 Å². The molecular formula is C69H92ClF9N18O11S3Si2. The highest BCUT2D eigenvalue weighted by molar-refractivity contribution is 8.13. The largest absolute Gasteiger partial charge is 0.389 e. The van der Waals surface area contributed by atoms with Crippen LogP contribution in [0.3, 0.4) is 0 Å². The Morgan fingerprint density at radius 1 is 0.513 bits per heavy atom. The molecule has 0 saturated carbocycles. The molecule has 12 rings (SSSR count). The molecular weight excluding hydrogens is 1620 g/mol. The predicted octanol–water partition coefficient (Wildman–Crippen LogP) is 13.0. The fourth-order valence-corrected chi connectivity index (χ4v) is 16.1. The first-order valence-electron chi connectivity index (χ1n) is 36.6. The Bertz CT molecular complexity index is 5190. The van der Waals surface area contributed by atoms with Gasteiger partial charge in [-0.25, -0.2) is 55.2 Å². The molecule has 0 fully saturated rings. The Morgan fingerprint density at radius 3 is 1.28 bits per heavy atom. The predicted molar refractivity (Wildman–Crippen MR) is 412 cm³/mol. The zero-order valence-corrected chi connectivity index (χ0v) is 69.1. The van der Waals surface area contributed by atoms with Crippen molar-refractivity contribution in [1.82, 2.24) is 72.6 Å². The van der Waals surface area contributed by atoms with Gasteiger partial charge in [0, 0.05) is 178 Å². The number of nitrogens with one attached hydrogen (secondary N) is 2. The number of carbonyl (C=O) groups is 3. The number of aromatic amines is 2. The van der Waals surface area contributed by atoms with Crippen molar-refractivity contribution in [2.75, 3.05) is 64.8 Å². The monoisotopic (exact) mass is 1710 g/mol. The Hall–Kier alpha value is -8.24. The Balaban J connectivity index is 0.000000188. The van der Waals surface area contributed by atoms with Gasteiger partial charge in [0.05, 0.1) is 44.8 Å². The molecule has 0 aromatic carbocycles. The molecule has 0 amide bonds. The van der Waals surface area contributed by atoms with Gasteiger partial charge >= 0.3 is 18.5 Å². The number of H-pyrrole nitrogens is 2. The number of carbonyl (C=O) groups excluding carboxylic acids is 3. The number of anilines is 3. The molecule has 0 unspecified atom stereocenters. The number of hydrogen-bond donors (Lipinski definition) is 2. The van der Waals surface area contributed by atoms with Crippen molar-refractivity contribution in [3.05, 3.63) is 107 Å². The Morgan fingerprint density at radius 2 is 0.894 bits per heavy atom. The zero-order valence-electron chi connectivity index (χ0n) is 63.9. The topological polar surface area (TPSA) is 349 Å². The van der Waals surface area contributed by atoms with Crippen LogP contribution in [0.15, 0.2) is 55.8 Å². The smallest absolute Gasteiger partial charge is 0.361 e. The fourth-order valence-electron chi connectivity index (χ4n) is 12.6. The zero-order chi connectivity index (χ0) is 82.8. The molecule has 0 bridgehead atoms. The molecule has 0 aliphatic carbocycles. The minimum absolute atomic E-state index is 0.00849. The highest BCUT2D eigenvalue weighted by atomic mass is 35.7. The summed E-state index contributed by atoms with van der Waals surface area (Å²) in [5, 5.41) is 17.6. The van der Waals surface area contributed by atoms with Crippen molar-refractivity contribution >= 4 is 124 Å². The summed E-state index contributed by atoms with van der Waals surface area (Å²) >= 11 is 0. The van der Waals surface area contributed by atoms with E-state index in [4.69, 9.17) is 9.47 Å². The quantitative estimate of drug-likeness (QED) is 0.0139. The van der Waals surface area contributed by atoms with E-state index < -0.39 is 101 Å². The van der Waals surface area contributed by atoms with Crippen LogP contribution in [0.2, 0.25) is 51.4 Å². The van der Waals surface area contributed by atoms with Gasteiger partial charge in [0.1, 0.15) is 83.9 Å². The highest BCUT2D eigenvalue weighted by Gasteiger charge is 2.38. The maximum Gasteiger partial charge on any atom is 0.389 e. The van der Waals surface area contributed by atoms with E-state index in [1.807, 2.05) is 49.5 Å². The van der Waals surface area contributed by atoms with Crippen molar-refractivity contribution < 1.29 is 88.6 Å². The number of ether oxygens (including phenoxy) is 2. The molecule has 9 aromatic rings. The number of aromatic nitrogens is 15. The van der Waals surface area contributed by atoms with Gasteiger partial charge in [-0.15, -0.1) is 0 Å². The number of halogens is 10. The van der Waals surface area contributed by atoms with Crippen LogP contribution in [0.5, 0.6) is 0 Å². The first-order chi connectivity index (χ1) is 52.9. The van der Waals surface area contributed by atoms with Gasteiger partial charge in [-0.2, -0.15) is 63.0 Å². The third-order valence-corrected chi connectivity index (χ3v) is 26.6. The van der Waals surface area contributed by atoms with E-state index in [1.54, 1.807) is 6.20 Å². The van der Waals surface area contributed by atoms with Crippen molar-refractivity contribution in [1.29, 1.82) is 0 Å². The molecule has 9 aromatic heterocycles. The second kappa shape index (κ2) is 36.7. The summed E-state index contributed by atoms with van der Waals surface area (Å²) < 4.78 is 200. The number of alkyl halides is 9. The van der Waals surface area contributed by atoms with E-state index in [-0.39, 0.29) is 98.2 Å². The first-order valence-corrected chi connectivity index (χ1v) is 49.7. The summed E-state index contributed by atoms with van der Waals surface area (Å²) in [7, 11) is -8.48. The van der Waals surface area contributed by atoms with Crippen LogP contribution in [-0.2, 0) is 90.9 Å². The van der Waals surface area contributed by atoms with Gasteiger partial charge in [0.2, 0.25) is 9.05 Å². The molecule has 0 spiro atoms. The highest BCUT2D eigenvalue weighted by Crippen LogP contribution is 2.37. The van der Waals surface area contributed by atoms with Crippen LogP contribution in [0.25, 0.3) is 33.1 Å². The summed E-state index contributed by atoms with van der Waals surface area (Å²) in [6.45, 7) is 22.5. The molecule has 12 heterocycles. The maximum absolute atomic E-state index is 13.0. The van der Waals surface area contributed by atoms with Crippen LogP contribution < -0.4 is 14.7 Å². The minimum Gasteiger partial charge on any atom is -0.361 e. The van der Waals surface area contributed by atoms with Crippen LogP contribution in [-0.4, -0.2) is 200 Å². The molecule has 29 nitrogen and oxygen atoms in total. The number of hydrogen-bond acceptors (Lipinski definition) is 23. The second-order valence-corrected chi connectivity index (χ2v) is 48.1. The van der Waals surface area contributed by atoms with Crippen molar-refractivity contribution in [2.24, 2.45) is 0 Å². The van der Waals surface area contributed by atoms with Crippen LogP contribution in [0.4, 0.5) is 57.0 Å². The lowest BCUT2D eigenvalue weighted by Gasteiger charge is -2.29. The fraction of sp³-hybridized carbons (Fsp3) is 0.565. The molecule has 3 aliphatic rings. The Kier molecular flexibility index (Phi) is 28.8. The van der Waals surface area contributed by atoms with E-state index in [1.165, 1.54) is 39.8 Å². The van der Waals surface area contributed by atoms with E-state index in [9.17, 15) is 79.2 Å². The van der Waals surface area contributed by atoms with Gasteiger partial charge in [0.15, 0.2) is 17.3 Å². The summed E-state index contributed by atoms with van der Waals surface area (Å²) in [4.78, 5) is 73.5. The molecule has 2 N–H and O–H groups in total. The SMILES string of the molecule is CCS(=O)(=O)Cl.CCS(=O)(=O)n1nc(C(=O)CCCC(F)(F)F)c2c1CCN(c1ncnc3[nH]ccc13)C2.CCS(=O)(=O)n1nc(C(=O)CCCC(F)(F)F)c2c1CCN(c1ncnc3c1ccn3COCC[Si](C)(C)C)C2.C[Si](C)(C)CCOCn1ccc2c(N3CCc4[nH]nc(C(=O)CCCC(F)(F)F)c4C3)ncnc21. The van der Waals surface area contributed by atoms with Gasteiger partial charge in [-0.1, -0.05) is 46.2 Å². The second-order valence-electron chi connectivity index (χ2n) is 29.7. The van der Waals surface area contributed by atoms with Gasteiger partial charge in [-0.3, -0.25) is 19.5 Å². The number of ketones is 3. The van der Waals surface area contributed by atoms with Gasteiger partial charge in [-0.05, 0) is 63.4 Å². The van der Waals surface area contributed by atoms with E-state index in [2.05, 4.69) is 110 Å². The summed E-state index contributed by atoms with van der Waals surface area (Å²) in [5.41, 5.74) is 5.28. The molecule has 3 aliphatic heterocycles. The lowest BCUT2D eigenvalue weighted by molar-refractivity contribution is -0.136. The first kappa shape index (κ1) is 88.7. The van der Waals surface area contributed by atoms with E-state index in [0.717, 1.165) is 59.1 Å². The number of rotatable bonds is 30. The summed E-state index contributed by atoms with van der Waals surface area (Å²) in [6, 6.07) is 7.79. The van der Waals surface area contributed by atoms with E-state index in [0.29, 0.717) is 105 Å². The standard InChI is InChI=1S/C25H35F3N6O4SSi.C23H31F3N6O2Si.C19H21F3N6O3S.C2H5ClO2S/c1-5-39(36,37)34-20-9-12-32(15-19(20)22(31-34)21(35)7-6-10-25(26,27)28)23-18-8-11-33(24(18)30-16-29-23)17-38-13-14-40(2,3)4;1-35(2,3)12-11-34-15-32-9-6-16-21(27-14-28-22(16)32)31-10-7-18-17(13-31)20(30-29-18)19(33)5-4-8-23(24,25)26;1-2-32(30,31)28-14-6-9-27(18-12-5-8-23-17(12)24-11-25-18)10-13(14)16(26-28)15(29)4-3-7-19(20,21)22;1-2-6(3,4)5/h8,11,16H,5-7,9-10,12-15,17H2,1-4H3;6,9,14H,4-5,7-8,10-13,15H2,1-3H3,(H,29,30);5,8,11H,2-4,6-7,9-10H2,1H3,(H,23,24,25);2H2,1H3. The van der Waals surface area contributed by atoms with Crippen LogP contribution in [0.1, 0.15) is 144 Å². The third kappa shape index (κ3) is 24.0. The lowest BCUT2D eigenvalue weighted by atomic mass is 10.0. The summed E-state index contributed by atoms with van der Waals surface area (Å²) in [5.74, 6) is -0.0553. The van der Waals surface area contributed by atoms with Crippen LogP contribution >= 0.6 is 10.7 Å². The molecule has 0 radical (unpaired) electrons. The molecule has 0 saturated heterocycles. The number of nitrogens with zero attached hydrogens (tertiary/aromatic N) is 16. The van der Waals surface area contributed by atoms with Crippen molar-refractivity contribution in [2.45, 2.75) is 201 Å². The molecule has 44 heteroatoms. The number of fused-ring (bicyclic) bond motifs is 6. The van der Waals surface area contributed by atoms with Gasteiger partial charge < -0.3 is 38.3 Å². The number of Topliss-reactive ketones (excluding diaryl/α,β-unsaturated/α-hetero) is 3. The molecule has 113 heavy (non-hydrogen) atoms. The Labute approximate surface area is 653 Å². The maximum atomic E-state index is 13.0. The van der Waals surface area contributed by atoms with E-state index >= 15 is 0 Å². The lowest BCUT2D eigenvalue weighted by Crippen LogP contribution is -2.33. The van der Waals surface area contributed by atoms with Crippen LogP contribution in [0, 0.1) is 0 Å². The average Bonchev–Trinajstić information content (AvgIpc) is 1.62. The normalized spacial score (nSPS) is 14.5. The third-order valence-electron chi connectivity index (χ3n) is 18.7. The summed E-state index contributed by atoms with van der Waals surface area (Å²) in [6.07, 6.45) is -7.07.